The zero-order valence-electron chi connectivity index (χ0n) is 18.3. The SMILES string of the molecule is CCOC(=O)c1ccc(C#Cc2ccc3c(c2)C(c2nc(C)cs2)=CCC3(C)C)cc1. The molecule has 4 rings (SSSR count). The summed E-state index contributed by atoms with van der Waals surface area (Å²) < 4.78 is 5.03. The van der Waals surface area contributed by atoms with Crippen molar-refractivity contribution in [3.8, 4) is 11.8 Å². The first kappa shape index (κ1) is 21.1. The highest BCUT2D eigenvalue weighted by Gasteiger charge is 2.29. The smallest absolute Gasteiger partial charge is 0.338 e. The number of thiazole rings is 1. The number of aryl methyl sites for hydroxylation is 1. The molecule has 0 N–H and O–H groups in total. The molecule has 0 saturated carbocycles. The lowest BCUT2D eigenvalue weighted by Gasteiger charge is -2.31. The first-order valence-corrected chi connectivity index (χ1v) is 11.3. The quantitative estimate of drug-likeness (QED) is 0.372. The average molecular weight is 428 g/mol. The fraction of sp³-hybridized carbons (Fsp3) is 0.259. The van der Waals surface area contributed by atoms with Gasteiger partial charge in [-0.2, -0.15) is 0 Å². The summed E-state index contributed by atoms with van der Waals surface area (Å²) in [5, 5.41) is 3.16. The van der Waals surface area contributed by atoms with E-state index in [0.29, 0.717) is 12.2 Å². The van der Waals surface area contributed by atoms with E-state index in [1.54, 1.807) is 30.4 Å². The standard InChI is InChI=1S/C27H25NO2S/c1-5-30-26(29)21-11-8-19(9-12-21)6-7-20-10-13-24-23(16-20)22(14-15-27(24,3)4)25-28-18(2)17-31-25/h8-14,16-17H,5,15H2,1-4H3. The Morgan fingerprint density at radius 1 is 1.13 bits per heavy atom. The van der Waals surface area contributed by atoms with Crippen molar-refractivity contribution < 1.29 is 9.53 Å². The van der Waals surface area contributed by atoms with Crippen LogP contribution in [0.2, 0.25) is 0 Å². The van der Waals surface area contributed by atoms with E-state index in [2.05, 4.69) is 55.3 Å². The number of fused-ring (bicyclic) bond motifs is 1. The minimum absolute atomic E-state index is 0.0834. The van der Waals surface area contributed by atoms with Crippen molar-refractivity contribution in [1.82, 2.24) is 4.98 Å². The number of benzene rings is 2. The maximum Gasteiger partial charge on any atom is 0.338 e. The van der Waals surface area contributed by atoms with Crippen molar-refractivity contribution in [3.63, 3.8) is 0 Å². The molecule has 0 amide bonds. The molecule has 3 nitrogen and oxygen atoms in total. The van der Waals surface area contributed by atoms with Crippen LogP contribution >= 0.6 is 11.3 Å². The Hall–Kier alpha value is -3.16. The molecule has 0 unspecified atom stereocenters. The number of hydrogen-bond acceptors (Lipinski definition) is 4. The van der Waals surface area contributed by atoms with Crippen LogP contribution in [0.15, 0.2) is 53.9 Å². The van der Waals surface area contributed by atoms with Gasteiger partial charge in [0, 0.05) is 27.8 Å². The zero-order chi connectivity index (χ0) is 22.0. The van der Waals surface area contributed by atoms with Crippen molar-refractivity contribution >= 4 is 22.9 Å². The molecule has 4 heteroatoms. The van der Waals surface area contributed by atoms with Crippen LogP contribution < -0.4 is 0 Å². The average Bonchev–Trinajstić information content (AvgIpc) is 3.18. The van der Waals surface area contributed by atoms with Gasteiger partial charge < -0.3 is 4.74 Å². The monoisotopic (exact) mass is 427 g/mol. The van der Waals surface area contributed by atoms with Gasteiger partial charge in [0.2, 0.25) is 0 Å². The molecule has 0 fully saturated rings. The summed E-state index contributed by atoms with van der Waals surface area (Å²) in [6, 6.07) is 13.7. The fourth-order valence-corrected chi connectivity index (χ4v) is 4.59. The van der Waals surface area contributed by atoms with E-state index in [1.807, 2.05) is 19.1 Å². The molecular weight excluding hydrogens is 402 g/mol. The van der Waals surface area contributed by atoms with Crippen molar-refractivity contribution in [3.05, 3.63) is 92.4 Å². The number of aromatic nitrogens is 1. The number of ether oxygens (including phenoxy) is 1. The molecule has 0 radical (unpaired) electrons. The van der Waals surface area contributed by atoms with Gasteiger partial charge in [-0.1, -0.05) is 37.8 Å². The van der Waals surface area contributed by atoms with Crippen molar-refractivity contribution in [2.24, 2.45) is 0 Å². The molecule has 2 aromatic carbocycles. The first-order chi connectivity index (χ1) is 14.9. The predicted octanol–water partition coefficient (Wildman–Crippen LogP) is 6.14. The zero-order valence-corrected chi connectivity index (χ0v) is 19.1. The maximum absolute atomic E-state index is 11.8. The highest BCUT2D eigenvalue weighted by molar-refractivity contribution is 7.10. The van der Waals surface area contributed by atoms with Gasteiger partial charge in [-0.3, -0.25) is 0 Å². The molecule has 1 heterocycles. The first-order valence-electron chi connectivity index (χ1n) is 10.4. The maximum atomic E-state index is 11.8. The van der Waals surface area contributed by atoms with E-state index >= 15 is 0 Å². The van der Waals surface area contributed by atoms with Gasteiger partial charge in [-0.25, -0.2) is 9.78 Å². The van der Waals surface area contributed by atoms with Gasteiger partial charge in [-0.05, 0) is 73.2 Å². The van der Waals surface area contributed by atoms with Crippen LogP contribution in [-0.2, 0) is 10.2 Å². The van der Waals surface area contributed by atoms with E-state index in [9.17, 15) is 4.79 Å². The highest BCUT2D eigenvalue weighted by Crippen LogP contribution is 2.42. The molecule has 0 bridgehead atoms. The Labute approximate surface area is 187 Å². The van der Waals surface area contributed by atoms with Crippen molar-refractivity contribution in [1.29, 1.82) is 0 Å². The number of allylic oxidation sites excluding steroid dienone is 1. The van der Waals surface area contributed by atoms with Crippen LogP contribution in [0.3, 0.4) is 0 Å². The van der Waals surface area contributed by atoms with Gasteiger partial charge in [0.1, 0.15) is 5.01 Å². The van der Waals surface area contributed by atoms with Crippen LogP contribution in [0.4, 0.5) is 0 Å². The number of carbonyl (C=O) groups excluding carboxylic acids is 1. The number of carbonyl (C=O) groups is 1. The van der Waals surface area contributed by atoms with Gasteiger partial charge in [0.15, 0.2) is 0 Å². The Morgan fingerprint density at radius 3 is 2.52 bits per heavy atom. The molecule has 0 saturated heterocycles. The second-order valence-corrected chi connectivity index (χ2v) is 9.17. The highest BCUT2D eigenvalue weighted by atomic mass is 32.1. The summed E-state index contributed by atoms with van der Waals surface area (Å²) in [7, 11) is 0. The van der Waals surface area contributed by atoms with Crippen LogP contribution in [-0.4, -0.2) is 17.6 Å². The third-order valence-corrected chi connectivity index (χ3v) is 6.45. The predicted molar refractivity (Wildman–Crippen MR) is 126 cm³/mol. The van der Waals surface area contributed by atoms with E-state index in [0.717, 1.165) is 28.2 Å². The molecule has 0 atom stereocenters. The van der Waals surface area contributed by atoms with E-state index in [-0.39, 0.29) is 11.4 Å². The summed E-state index contributed by atoms with van der Waals surface area (Å²) >= 11 is 1.69. The summed E-state index contributed by atoms with van der Waals surface area (Å²) in [5.74, 6) is 6.18. The third kappa shape index (κ3) is 4.47. The molecule has 156 valence electrons. The van der Waals surface area contributed by atoms with Gasteiger partial charge >= 0.3 is 5.97 Å². The summed E-state index contributed by atoms with van der Waals surface area (Å²) in [6.45, 7) is 8.76. The minimum atomic E-state index is -0.309. The molecule has 1 aliphatic carbocycles. The number of hydrogen-bond donors (Lipinski definition) is 0. The molecule has 31 heavy (non-hydrogen) atoms. The lowest BCUT2D eigenvalue weighted by Crippen LogP contribution is -2.21. The Balaban J connectivity index is 1.65. The largest absolute Gasteiger partial charge is 0.462 e. The molecule has 0 aliphatic heterocycles. The molecule has 1 aromatic heterocycles. The summed E-state index contributed by atoms with van der Waals surface area (Å²) in [5.41, 5.74) is 7.25. The minimum Gasteiger partial charge on any atom is -0.462 e. The van der Waals surface area contributed by atoms with Gasteiger partial charge in [0.25, 0.3) is 0 Å². The van der Waals surface area contributed by atoms with Crippen LogP contribution in [0.1, 0.15) is 70.5 Å². The van der Waals surface area contributed by atoms with Crippen LogP contribution in [0.25, 0.3) is 5.57 Å². The Bertz CT molecular complexity index is 1220. The van der Waals surface area contributed by atoms with Crippen molar-refractivity contribution in [2.45, 2.75) is 39.5 Å². The normalized spacial score (nSPS) is 14.1. The second-order valence-electron chi connectivity index (χ2n) is 8.31. The fourth-order valence-electron chi connectivity index (χ4n) is 3.74. The summed E-state index contributed by atoms with van der Waals surface area (Å²) in [4.78, 5) is 16.5. The number of rotatable bonds is 3. The van der Waals surface area contributed by atoms with Crippen molar-refractivity contribution in [2.75, 3.05) is 6.61 Å². The molecule has 3 aromatic rings. The molecule has 0 spiro atoms. The topological polar surface area (TPSA) is 39.2 Å². The van der Waals surface area contributed by atoms with Gasteiger partial charge in [0.05, 0.1) is 12.2 Å². The Kier molecular flexibility index (Phi) is 5.80. The number of nitrogens with zero attached hydrogens (tertiary/aromatic N) is 1. The second kappa shape index (κ2) is 8.53. The van der Waals surface area contributed by atoms with E-state index in [1.165, 1.54) is 16.7 Å². The molecular formula is C27H25NO2S. The van der Waals surface area contributed by atoms with E-state index in [4.69, 9.17) is 9.72 Å². The van der Waals surface area contributed by atoms with Crippen LogP contribution in [0, 0.1) is 18.8 Å². The third-order valence-electron chi connectivity index (χ3n) is 5.45. The summed E-state index contributed by atoms with van der Waals surface area (Å²) in [6.07, 6.45) is 3.30. The van der Waals surface area contributed by atoms with Crippen LogP contribution in [0.5, 0.6) is 0 Å². The number of esters is 1. The van der Waals surface area contributed by atoms with Gasteiger partial charge in [-0.15, -0.1) is 11.3 Å². The van der Waals surface area contributed by atoms with E-state index < -0.39 is 0 Å². The molecule has 1 aliphatic rings. The Morgan fingerprint density at radius 2 is 1.84 bits per heavy atom. The lowest BCUT2D eigenvalue weighted by molar-refractivity contribution is 0.0526. The lowest BCUT2D eigenvalue weighted by atomic mass is 9.73.